The molecule has 204 valence electrons. The predicted octanol–water partition coefficient (Wildman–Crippen LogP) is 10.4. The average Bonchev–Trinajstić information content (AvgIpc) is 3.48. The average molecular weight is 509 g/mol. The largest absolute Gasteiger partial charge is 0.0802 e. The van der Waals surface area contributed by atoms with Gasteiger partial charge < -0.3 is 0 Å². The molecular weight excluding hydrogens is 456 g/mol. The standard InChI is InChI=1S/C38H52/c1-35(2,3)26-15-17-28-30(21-26)31-22-27(36(4,5)6)16-18-29(31)34(28)38(9)23-37(7,8)32-19-25(20-33(32)38)24-13-11-10-12-14-24/h10-18,21-22,25,28-34H,19-20,23H2,1-9H3. The highest BCUT2D eigenvalue weighted by Crippen LogP contribution is 2.72. The van der Waals surface area contributed by atoms with Gasteiger partial charge in [0, 0.05) is 0 Å². The van der Waals surface area contributed by atoms with Gasteiger partial charge in [-0.25, -0.2) is 0 Å². The van der Waals surface area contributed by atoms with Gasteiger partial charge in [0.25, 0.3) is 0 Å². The molecule has 0 heteroatoms. The molecule has 6 rings (SSSR count). The molecule has 0 radical (unpaired) electrons. The van der Waals surface area contributed by atoms with E-state index >= 15 is 0 Å². The maximum Gasteiger partial charge on any atom is -0.00924 e. The van der Waals surface area contributed by atoms with Crippen LogP contribution >= 0.6 is 0 Å². The minimum Gasteiger partial charge on any atom is -0.0802 e. The zero-order chi connectivity index (χ0) is 27.3. The first-order chi connectivity index (χ1) is 17.7. The van der Waals surface area contributed by atoms with Crippen LogP contribution in [0.1, 0.15) is 93.1 Å². The van der Waals surface area contributed by atoms with Gasteiger partial charge in [0.1, 0.15) is 0 Å². The van der Waals surface area contributed by atoms with Crippen LogP contribution in [0.5, 0.6) is 0 Å². The van der Waals surface area contributed by atoms with Gasteiger partial charge in [0.15, 0.2) is 0 Å². The molecule has 0 aliphatic heterocycles. The van der Waals surface area contributed by atoms with Crippen molar-refractivity contribution < 1.29 is 0 Å². The van der Waals surface area contributed by atoms with Crippen molar-refractivity contribution in [1.29, 1.82) is 0 Å². The predicted molar refractivity (Wildman–Crippen MR) is 163 cm³/mol. The number of allylic oxidation sites excluding steroid dienone is 8. The summed E-state index contributed by atoms with van der Waals surface area (Å²) in [5.41, 5.74) is 5.84. The van der Waals surface area contributed by atoms with Crippen LogP contribution in [0.4, 0.5) is 0 Å². The van der Waals surface area contributed by atoms with Gasteiger partial charge in [-0.3, -0.25) is 0 Å². The van der Waals surface area contributed by atoms with Gasteiger partial charge in [-0.1, -0.05) is 129 Å². The van der Waals surface area contributed by atoms with Crippen molar-refractivity contribution in [3.63, 3.8) is 0 Å². The number of rotatable bonds is 2. The molecule has 5 aliphatic rings. The Morgan fingerprint density at radius 3 is 1.66 bits per heavy atom. The fourth-order valence-electron chi connectivity index (χ4n) is 10.3. The second-order valence-corrected chi connectivity index (χ2v) is 16.8. The summed E-state index contributed by atoms with van der Waals surface area (Å²) in [5.74, 6) is 5.62. The molecule has 38 heavy (non-hydrogen) atoms. The summed E-state index contributed by atoms with van der Waals surface area (Å²) < 4.78 is 0. The van der Waals surface area contributed by atoms with E-state index in [-0.39, 0.29) is 10.8 Å². The zero-order valence-corrected chi connectivity index (χ0v) is 25.6. The summed E-state index contributed by atoms with van der Waals surface area (Å²) in [6.07, 6.45) is 20.0. The molecule has 0 spiro atoms. The van der Waals surface area contributed by atoms with Gasteiger partial charge >= 0.3 is 0 Å². The molecule has 8 unspecified atom stereocenters. The highest BCUT2D eigenvalue weighted by Gasteiger charge is 2.65. The summed E-state index contributed by atoms with van der Waals surface area (Å²) in [7, 11) is 0. The molecule has 1 aromatic rings. The van der Waals surface area contributed by atoms with Gasteiger partial charge in [-0.2, -0.15) is 0 Å². The Hall–Kier alpha value is -1.82. The lowest BCUT2D eigenvalue weighted by Crippen LogP contribution is -2.38. The highest BCUT2D eigenvalue weighted by atomic mass is 14.7. The summed E-state index contributed by atoms with van der Waals surface area (Å²) in [5, 5.41) is 0. The van der Waals surface area contributed by atoms with E-state index in [0.717, 1.165) is 17.8 Å². The molecule has 3 saturated carbocycles. The lowest BCUT2D eigenvalue weighted by Gasteiger charge is -2.44. The second-order valence-electron chi connectivity index (χ2n) is 16.8. The Morgan fingerprint density at radius 2 is 1.16 bits per heavy atom. The molecule has 8 atom stereocenters. The van der Waals surface area contributed by atoms with Crippen LogP contribution in [-0.2, 0) is 0 Å². The third-order valence-electron chi connectivity index (χ3n) is 11.9. The van der Waals surface area contributed by atoms with Crippen LogP contribution in [0.2, 0.25) is 0 Å². The van der Waals surface area contributed by atoms with Crippen LogP contribution in [0, 0.1) is 63.1 Å². The molecule has 0 bridgehead atoms. The molecular formula is C38H52. The van der Waals surface area contributed by atoms with E-state index in [0.29, 0.717) is 40.4 Å². The zero-order valence-electron chi connectivity index (χ0n) is 25.6. The fraction of sp³-hybridized carbons (Fsp3) is 0.632. The Balaban J connectivity index is 1.42. The molecule has 0 saturated heterocycles. The molecule has 0 amide bonds. The topological polar surface area (TPSA) is 0 Å². The SMILES string of the molecule is CC(C)(C)C1=CC2C3C=C(C(C)(C)C)C=CC3C(C3(C)CC(C)(C)C4CC(c5ccccc5)CC43)C2C=C1. The summed E-state index contributed by atoms with van der Waals surface area (Å²) >= 11 is 0. The van der Waals surface area contributed by atoms with E-state index < -0.39 is 0 Å². The summed E-state index contributed by atoms with van der Waals surface area (Å²) in [6, 6.07) is 11.5. The maximum atomic E-state index is 2.74. The molecule has 0 aromatic heterocycles. The van der Waals surface area contributed by atoms with E-state index in [1.165, 1.54) is 19.3 Å². The van der Waals surface area contributed by atoms with Crippen molar-refractivity contribution >= 4 is 0 Å². The van der Waals surface area contributed by atoms with Crippen molar-refractivity contribution in [2.75, 3.05) is 0 Å². The molecule has 5 aliphatic carbocycles. The smallest absolute Gasteiger partial charge is 0.00924 e. The molecule has 0 heterocycles. The minimum atomic E-state index is 0.203. The first-order valence-electron chi connectivity index (χ1n) is 15.6. The molecule has 1 aromatic carbocycles. The quantitative estimate of drug-likeness (QED) is 0.373. The van der Waals surface area contributed by atoms with E-state index in [2.05, 4.69) is 129 Å². The normalized spacial score (nSPS) is 41.4. The van der Waals surface area contributed by atoms with E-state index in [1.807, 2.05) is 0 Å². The van der Waals surface area contributed by atoms with Crippen molar-refractivity contribution in [2.45, 2.75) is 87.5 Å². The van der Waals surface area contributed by atoms with Crippen LogP contribution in [0.25, 0.3) is 0 Å². The van der Waals surface area contributed by atoms with E-state index in [1.54, 1.807) is 16.7 Å². The van der Waals surface area contributed by atoms with Gasteiger partial charge in [-0.05, 0) is 105 Å². The lowest BCUT2D eigenvalue weighted by molar-refractivity contribution is 0.0680. The van der Waals surface area contributed by atoms with Crippen LogP contribution in [-0.4, -0.2) is 0 Å². The van der Waals surface area contributed by atoms with Crippen LogP contribution < -0.4 is 0 Å². The Morgan fingerprint density at radius 1 is 0.658 bits per heavy atom. The lowest BCUT2D eigenvalue weighted by atomic mass is 9.60. The third kappa shape index (κ3) is 4.07. The van der Waals surface area contributed by atoms with Gasteiger partial charge in [0.2, 0.25) is 0 Å². The Labute approximate surface area is 233 Å². The second kappa shape index (κ2) is 8.59. The molecule has 0 N–H and O–H groups in total. The number of benzene rings is 1. The number of hydrogen-bond donors (Lipinski definition) is 0. The van der Waals surface area contributed by atoms with Gasteiger partial charge in [-0.15, -0.1) is 0 Å². The van der Waals surface area contributed by atoms with E-state index in [4.69, 9.17) is 0 Å². The molecule has 0 nitrogen and oxygen atoms in total. The van der Waals surface area contributed by atoms with Gasteiger partial charge in [0.05, 0.1) is 0 Å². The number of hydrogen-bond acceptors (Lipinski definition) is 0. The van der Waals surface area contributed by atoms with Crippen LogP contribution in [0.15, 0.2) is 77.9 Å². The van der Waals surface area contributed by atoms with Crippen molar-refractivity contribution in [1.82, 2.24) is 0 Å². The monoisotopic (exact) mass is 508 g/mol. The fourth-order valence-corrected chi connectivity index (χ4v) is 10.3. The van der Waals surface area contributed by atoms with Crippen molar-refractivity contribution in [2.24, 2.45) is 63.1 Å². The third-order valence-corrected chi connectivity index (χ3v) is 11.9. The Kier molecular flexibility index (Phi) is 5.97. The van der Waals surface area contributed by atoms with Crippen molar-refractivity contribution in [3.8, 4) is 0 Å². The minimum absolute atomic E-state index is 0.203. The molecule has 3 fully saturated rings. The van der Waals surface area contributed by atoms with E-state index in [9.17, 15) is 0 Å². The summed E-state index contributed by atoms with van der Waals surface area (Å²) in [4.78, 5) is 0. The summed E-state index contributed by atoms with van der Waals surface area (Å²) in [6.45, 7) is 22.3. The maximum absolute atomic E-state index is 2.74. The first-order valence-corrected chi connectivity index (χ1v) is 15.6. The number of fused-ring (bicyclic) bond motifs is 4. The van der Waals surface area contributed by atoms with Crippen LogP contribution in [0.3, 0.4) is 0 Å². The van der Waals surface area contributed by atoms with Crippen molar-refractivity contribution in [3.05, 3.63) is 83.5 Å². The first kappa shape index (κ1) is 26.4. The highest BCUT2D eigenvalue weighted by molar-refractivity contribution is 5.40. The Bertz CT molecular complexity index is 1140.